The smallest absolute Gasteiger partial charge is 0.164 e. The van der Waals surface area contributed by atoms with Gasteiger partial charge in [-0.3, -0.25) is 0 Å². The lowest BCUT2D eigenvalue weighted by Gasteiger charge is -2.12. The van der Waals surface area contributed by atoms with Crippen LogP contribution in [0.25, 0.3) is 241 Å². The number of benzene rings is 20. The van der Waals surface area contributed by atoms with E-state index in [9.17, 15) is 0 Å². The van der Waals surface area contributed by atoms with E-state index in [1.54, 1.807) is 0 Å². The standard InChI is InChI=1S/2C45H30N4.C39H26N4/c1-5-16-31(17-6-1)38-27-14-28-39-41-37(26-15-29-40(41)49(42(38)39)36-24-11-4-12-25-36)34-22-13-23-35(30-34)45-47-43(32-18-7-2-8-19-32)46-44(48-45)33-20-9-3-10-21-33;1-5-15-31(16-6-1)34-27-28-40-39(30-34)42-38(25-14-26-41(42)49(40)37-23-11-4-12-24-37)35-21-13-22-36(29-35)45-47-43(32-17-7-2-8-18-32)46-44(48-45)33-19-9-3-10-20-33;1-5-14-27(15-6-1)30-24-25-34-33(26-30)36-32(22-13-23-35(36)43(34)31-20-11-4-12-21-31)39-41-37(28-16-7-2-8-17-28)40-38(42-39)29-18-9-3-10-19-29/h2*1-30H;1-26H. The quantitative estimate of drug-likeness (QED) is 0.0874. The van der Waals surface area contributed by atoms with E-state index in [4.69, 9.17) is 44.9 Å². The second-order valence-electron chi connectivity index (χ2n) is 34.7. The number of nitrogens with zero attached hydrogens (tertiary/aromatic N) is 12. The second kappa shape index (κ2) is 37.9. The Labute approximate surface area is 815 Å². The van der Waals surface area contributed by atoms with Crippen molar-refractivity contribution in [2.24, 2.45) is 0 Å². The van der Waals surface area contributed by atoms with Crippen LogP contribution in [-0.2, 0) is 0 Å². The molecule has 0 bridgehead atoms. The molecule has 20 aromatic carbocycles. The van der Waals surface area contributed by atoms with Crippen molar-refractivity contribution >= 4 is 65.4 Å². The lowest BCUT2D eigenvalue weighted by atomic mass is 9.96. The summed E-state index contributed by atoms with van der Waals surface area (Å²) in [7, 11) is 0. The molecule has 0 atom stereocenters. The van der Waals surface area contributed by atoms with Crippen LogP contribution in [0, 0.1) is 0 Å². The van der Waals surface area contributed by atoms with Gasteiger partial charge in [-0.05, 0) is 141 Å². The fourth-order valence-corrected chi connectivity index (χ4v) is 19.4. The van der Waals surface area contributed by atoms with Crippen LogP contribution >= 0.6 is 0 Å². The average molecular weight is 1800 g/mol. The number of rotatable bonds is 17. The minimum atomic E-state index is 0.639. The van der Waals surface area contributed by atoms with E-state index in [1.165, 1.54) is 66.0 Å². The zero-order valence-electron chi connectivity index (χ0n) is 76.5. The SMILES string of the molecule is c1ccc(-c2ccc3c(c2)c2c(-c4cccc(-c5nc(-c6ccccc6)nc(-c6ccccc6)n5)c4)cccc2n3-c2ccccc2)cc1.c1ccc(-c2ccc3c(c2)c2c(-c4nc(-c5ccccc5)nc(-c5ccccc5)n4)cccc2n3-c2ccccc2)cc1.c1ccc(-c2nc(-c3ccccc3)nc(-c3cccc(-c4cccc5c4c4cccc(-c6ccccc6)c4n5-c4ccccc4)c3)n2)cc1. The van der Waals surface area contributed by atoms with Crippen molar-refractivity contribution < 1.29 is 0 Å². The first-order valence-electron chi connectivity index (χ1n) is 47.3. The number of hydrogen-bond acceptors (Lipinski definition) is 9. The van der Waals surface area contributed by atoms with Crippen LogP contribution in [-0.4, -0.2) is 58.6 Å². The summed E-state index contributed by atoms with van der Waals surface area (Å²) < 4.78 is 7.11. The van der Waals surface area contributed by atoms with Crippen molar-refractivity contribution in [1.29, 1.82) is 0 Å². The molecule has 26 rings (SSSR count). The molecule has 662 valence electrons. The lowest BCUT2D eigenvalue weighted by molar-refractivity contribution is 1.07. The van der Waals surface area contributed by atoms with E-state index in [0.29, 0.717) is 52.4 Å². The molecule has 12 heteroatoms. The molecule has 12 nitrogen and oxygen atoms in total. The highest BCUT2D eigenvalue weighted by Gasteiger charge is 2.26. The fourth-order valence-electron chi connectivity index (χ4n) is 19.4. The Morgan fingerprint density at radius 3 is 0.695 bits per heavy atom. The summed E-state index contributed by atoms with van der Waals surface area (Å²) in [6, 6.07) is 181. The largest absolute Gasteiger partial charge is 0.309 e. The molecule has 141 heavy (non-hydrogen) atoms. The van der Waals surface area contributed by atoms with Gasteiger partial charge in [-0.2, -0.15) is 0 Å². The summed E-state index contributed by atoms with van der Waals surface area (Å²) in [5.41, 5.74) is 30.5. The van der Waals surface area contributed by atoms with Gasteiger partial charge in [0.1, 0.15) is 0 Å². The predicted molar refractivity (Wildman–Crippen MR) is 579 cm³/mol. The molecule has 26 aromatic rings. The lowest BCUT2D eigenvalue weighted by Crippen LogP contribution is -2.00. The molecule has 0 unspecified atom stereocenters. The molecule has 0 aliphatic carbocycles. The molecular formula is C129H86N12. The first-order chi connectivity index (χ1) is 69.9. The summed E-state index contributed by atoms with van der Waals surface area (Å²) in [5, 5.41) is 7.10. The van der Waals surface area contributed by atoms with Gasteiger partial charge >= 0.3 is 0 Å². The molecule has 0 saturated carbocycles. The highest BCUT2D eigenvalue weighted by atomic mass is 15.1. The first kappa shape index (κ1) is 84.8. The van der Waals surface area contributed by atoms with Crippen LogP contribution in [0.3, 0.4) is 0 Å². The number of para-hydroxylation sites is 4. The summed E-state index contributed by atoms with van der Waals surface area (Å²) in [6.45, 7) is 0. The molecule has 0 aliphatic heterocycles. The van der Waals surface area contributed by atoms with Gasteiger partial charge in [0.2, 0.25) is 0 Å². The Hall–Kier alpha value is -19.2. The number of aromatic nitrogens is 12. The summed E-state index contributed by atoms with van der Waals surface area (Å²) in [6.07, 6.45) is 0. The maximum atomic E-state index is 5.09. The van der Waals surface area contributed by atoms with Gasteiger partial charge in [-0.15, -0.1) is 0 Å². The van der Waals surface area contributed by atoms with Crippen LogP contribution in [0.5, 0.6) is 0 Å². The fraction of sp³-hybridized carbons (Fsp3) is 0. The van der Waals surface area contributed by atoms with Crippen molar-refractivity contribution in [3.05, 3.63) is 522 Å². The first-order valence-corrected chi connectivity index (χ1v) is 47.3. The zero-order chi connectivity index (χ0) is 93.7. The maximum Gasteiger partial charge on any atom is 0.164 e. The molecule has 6 heterocycles. The van der Waals surface area contributed by atoms with Gasteiger partial charge in [0, 0.05) is 105 Å². The molecule has 0 spiro atoms. The Kier molecular flexibility index (Phi) is 22.8. The van der Waals surface area contributed by atoms with Crippen LogP contribution < -0.4 is 0 Å². The van der Waals surface area contributed by atoms with Crippen LogP contribution in [0.4, 0.5) is 0 Å². The topological polar surface area (TPSA) is 131 Å². The Bertz CT molecular complexity index is 8670. The van der Waals surface area contributed by atoms with Crippen molar-refractivity contribution in [2.75, 3.05) is 0 Å². The van der Waals surface area contributed by atoms with E-state index in [1.807, 2.05) is 182 Å². The third kappa shape index (κ3) is 16.8. The van der Waals surface area contributed by atoms with Crippen molar-refractivity contribution in [1.82, 2.24) is 58.6 Å². The molecule has 0 fully saturated rings. The normalized spacial score (nSPS) is 11.3. The maximum absolute atomic E-state index is 5.09. The van der Waals surface area contributed by atoms with Gasteiger partial charge < -0.3 is 13.7 Å². The van der Waals surface area contributed by atoms with E-state index in [2.05, 4.69) is 353 Å². The highest BCUT2D eigenvalue weighted by molar-refractivity contribution is 6.20. The molecule has 0 saturated heterocycles. The van der Waals surface area contributed by atoms with Gasteiger partial charge in [0.25, 0.3) is 0 Å². The third-order valence-corrected chi connectivity index (χ3v) is 25.9. The Balaban J connectivity index is 0.000000115. The number of fused-ring (bicyclic) bond motifs is 9. The minimum absolute atomic E-state index is 0.639. The Morgan fingerprint density at radius 2 is 0.355 bits per heavy atom. The molecular weight excluding hydrogens is 1720 g/mol. The minimum Gasteiger partial charge on any atom is -0.309 e. The van der Waals surface area contributed by atoms with E-state index < -0.39 is 0 Å². The Morgan fingerprint density at radius 1 is 0.121 bits per heavy atom. The van der Waals surface area contributed by atoms with Gasteiger partial charge in [-0.25, -0.2) is 44.9 Å². The average Bonchev–Trinajstić information content (AvgIpc) is 1.57. The summed E-state index contributed by atoms with van der Waals surface area (Å²) in [4.78, 5) is 44.9. The van der Waals surface area contributed by atoms with Crippen molar-refractivity contribution in [3.8, 4) is 175 Å². The summed E-state index contributed by atoms with van der Waals surface area (Å²) >= 11 is 0. The van der Waals surface area contributed by atoms with Crippen molar-refractivity contribution in [2.45, 2.75) is 0 Å². The third-order valence-electron chi connectivity index (χ3n) is 25.9. The molecule has 0 N–H and O–H groups in total. The van der Waals surface area contributed by atoms with Gasteiger partial charge in [0.15, 0.2) is 52.4 Å². The molecule has 0 aliphatic rings. The van der Waals surface area contributed by atoms with Crippen molar-refractivity contribution in [3.63, 3.8) is 0 Å². The van der Waals surface area contributed by atoms with Gasteiger partial charge in [-0.1, -0.05) is 431 Å². The van der Waals surface area contributed by atoms with E-state index in [-0.39, 0.29) is 0 Å². The summed E-state index contributed by atoms with van der Waals surface area (Å²) in [5.74, 6) is 5.83. The second-order valence-corrected chi connectivity index (χ2v) is 34.7. The van der Waals surface area contributed by atoms with E-state index in [0.717, 1.165) is 122 Å². The predicted octanol–water partition coefficient (Wildman–Crippen LogP) is 32.2. The van der Waals surface area contributed by atoms with Crippen LogP contribution in [0.1, 0.15) is 0 Å². The monoisotopic (exact) mass is 1800 g/mol. The van der Waals surface area contributed by atoms with E-state index >= 15 is 0 Å². The number of hydrogen-bond donors (Lipinski definition) is 0. The molecule has 0 amide bonds. The highest BCUT2D eigenvalue weighted by Crippen LogP contribution is 2.47. The van der Waals surface area contributed by atoms with Gasteiger partial charge in [0.05, 0.1) is 33.1 Å². The van der Waals surface area contributed by atoms with Crippen LogP contribution in [0.2, 0.25) is 0 Å². The molecule has 0 radical (unpaired) electrons. The zero-order valence-corrected chi connectivity index (χ0v) is 76.5. The van der Waals surface area contributed by atoms with Crippen LogP contribution in [0.15, 0.2) is 522 Å². The molecule has 6 aromatic heterocycles.